The molecule has 82 valence electrons. The molecular formula is C11H21NO2. The highest BCUT2D eigenvalue weighted by atomic mass is 16.4. The van der Waals surface area contributed by atoms with Gasteiger partial charge in [0.1, 0.15) is 0 Å². The van der Waals surface area contributed by atoms with Gasteiger partial charge in [-0.2, -0.15) is 0 Å². The van der Waals surface area contributed by atoms with Crippen molar-refractivity contribution in [3.05, 3.63) is 0 Å². The molecule has 1 heterocycles. The number of aliphatic carboxylic acids is 1. The second kappa shape index (κ2) is 4.30. The largest absolute Gasteiger partial charge is 0.481 e. The van der Waals surface area contributed by atoms with Crippen LogP contribution >= 0.6 is 0 Å². The molecular weight excluding hydrogens is 178 g/mol. The maximum atomic E-state index is 10.6. The first-order chi connectivity index (χ1) is 6.38. The summed E-state index contributed by atoms with van der Waals surface area (Å²) in [5.74, 6) is -0.671. The fourth-order valence-corrected chi connectivity index (χ4v) is 2.15. The highest BCUT2D eigenvalue weighted by Gasteiger charge is 2.29. The summed E-state index contributed by atoms with van der Waals surface area (Å²) in [5, 5.41) is 8.76. The van der Waals surface area contributed by atoms with Crippen LogP contribution in [0, 0.1) is 5.41 Å². The predicted molar refractivity (Wildman–Crippen MR) is 56.3 cm³/mol. The maximum Gasteiger partial charge on any atom is 0.304 e. The molecule has 1 N–H and O–H groups in total. The highest BCUT2D eigenvalue weighted by molar-refractivity contribution is 5.67. The van der Waals surface area contributed by atoms with Crippen LogP contribution in [0.2, 0.25) is 0 Å². The van der Waals surface area contributed by atoms with Crippen LogP contribution in [0.3, 0.4) is 0 Å². The summed E-state index contributed by atoms with van der Waals surface area (Å²) in [6.45, 7) is 8.66. The van der Waals surface area contributed by atoms with Crippen LogP contribution in [0.5, 0.6) is 0 Å². The van der Waals surface area contributed by atoms with Gasteiger partial charge in [0.05, 0.1) is 6.42 Å². The molecule has 0 amide bonds. The summed E-state index contributed by atoms with van der Waals surface area (Å²) in [6, 6.07) is 0.270. The molecule has 1 rings (SSSR count). The zero-order chi connectivity index (χ0) is 10.8. The second-order valence-electron chi connectivity index (χ2n) is 5.43. The summed E-state index contributed by atoms with van der Waals surface area (Å²) in [4.78, 5) is 13.0. The van der Waals surface area contributed by atoms with Crippen LogP contribution in [-0.2, 0) is 4.79 Å². The van der Waals surface area contributed by atoms with E-state index < -0.39 is 5.97 Å². The van der Waals surface area contributed by atoms with Crippen molar-refractivity contribution >= 4 is 5.97 Å². The molecule has 0 radical (unpaired) electrons. The van der Waals surface area contributed by atoms with Gasteiger partial charge in [0.2, 0.25) is 0 Å². The van der Waals surface area contributed by atoms with E-state index >= 15 is 0 Å². The minimum absolute atomic E-state index is 0.265. The molecule has 1 aliphatic heterocycles. The lowest BCUT2D eigenvalue weighted by atomic mass is 9.95. The Labute approximate surface area is 86.1 Å². The Hall–Kier alpha value is -0.570. The second-order valence-corrected chi connectivity index (χ2v) is 5.43. The summed E-state index contributed by atoms with van der Waals surface area (Å²) in [7, 11) is 0. The van der Waals surface area contributed by atoms with Gasteiger partial charge in [-0.05, 0) is 24.8 Å². The first-order valence-corrected chi connectivity index (χ1v) is 5.34. The third-order valence-electron chi connectivity index (χ3n) is 2.59. The number of hydrogen-bond donors (Lipinski definition) is 1. The Bertz CT molecular complexity index is 208. The first kappa shape index (κ1) is 11.5. The van der Waals surface area contributed by atoms with Gasteiger partial charge in [-0.15, -0.1) is 0 Å². The van der Waals surface area contributed by atoms with E-state index in [-0.39, 0.29) is 11.5 Å². The topological polar surface area (TPSA) is 40.5 Å². The average Bonchev–Trinajstić information content (AvgIpc) is 2.32. The van der Waals surface area contributed by atoms with Crippen LogP contribution in [0.15, 0.2) is 0 Å². The standard InChI is InChI=1S/C11H21NO2/c1-11(2,3)8-12-6-4-5-9(12)7-10(13)14/h9H,4-8H2,1-3H3,(H,13,14). The van der Waals surface area contributed by atoms with Crippen molar-refractivity contribution in [2.24, 2.45) is 5.41 Å². The summed E-state index contributed by atoms with van der Waals surface area (Å²) >= 11 is 0. The average molecular weight is 199 g/mol. The van der Waals surface area contributed by atoms with E-state index in [0.717, 1.165) is 25.9 Å². The number of carboxylic acids is 1. The van der Waals surface area contributed by atoms with E-state index in [1.807, 2.05) is 0 Å². The van der Waals surface area contributed by atoms with Gasteiger partial charge < -0.3 is 5.11 Å². The van der Waals surface area contributed by atoms with E-state index in [1.54, 1.807) is 0 Å². The lowest BCUT2D eigenvalue weighted by molar-refractivity contribution is -0.138. The normalized spacial score (nSPS) is 24.1. The maximum absolute atomic E-state index is 10.6. The van der Waals surface area contributed by atoms with Gasteiger partial charge in [0.25, 0.3) is 0 Å². The van der Waals surface area contributed by atoms with Gasteiger partial charge >= 0.3 is 5.97 Å². The Morgan fingerprint density at radius 3 is 2.64 bits per heavy atom. The molecule has 0 saturated carbocycles. The molecule has 0 spiro atoms. The Balaban J connectivity index is 2.47. The molecule has 1 atom stereocenters. The molecule has 1 unspecified atom stereocenters. The molecule has 1 aliphatic rings. The van der Waals surface area contributed by atoms with Gasteiger partial charge in [0, 0.05) is 12.6 Å². The number of carboxylic acid groups (broad SMARTS) is 1. The van der Waals surface area contributed by atoms with Gasteiger partial charge in [-0.1, -0.05) is 20.8 Å². The number of likely N-dealkylation sites (tertiary alicyclic amines) is 1. The molecule has 0 aliphatic carbocycles. The van der Waals surface area contributed by atoms with Gasteiger partial charge in [0.15, 0.2) is 0 Å². The monoisotopic (exact) mass is 199 g/mol. The zero-order valence-corrected chi connectivity index (χ0v) is 9.42. The van der Waals surface area contributed by atoms with E-state index in [4.69, 9.17) is 5.11 Å². The van der Waals surface area contributed by atoms with Crippen molar-refractivity contribution < 1.29 is 9.90 Å². The fourth-order valence-electron chi connectivity index (χ4n) is 2.15. The van der Waals surface area contributed by atoms with Crippen LogP contribution in [0.4, 0.5) is 0 Å². The molecule has 3 nitrogen and oxygen atoms in total. The predicted octanol–water partition coefficient (Wildman–Crippen LogP) is 1.97. The summed E-state index contributed by atoms with van der Waals surface area (Å²) in [5.41, 5.74) is 0.265. The lowest BCUT2D eigenvalue weighted by Crippen LogP contribution is -2.37. The van der Waals surface area contributed by atoms with Crippen LogP contribution in [0.25, 0.3) is 0 Å². The number of hydrogen-bond acceptors (Lipinski definition) is 2. The van der Waals surface area contributed by atoms with Crippen LogP contribution in [-0.4, -0.2) is 35.1 Å². The van der Waals surface area contributed by atoms with Crippen LogP contribution < -0.4 is 0 Å². The van der Waals surface area contributed by atoms with E-state index in [1.165, 1.54) is 0 Å². The summed E-state index contributed by atoms with van der Waals surface area (Å²) in [6.07, 6.45) is 2.49. The van der Waals surface area contributed by atoms with Crippen molar-refractivity contribution in [1.82, 2.24) is 4.90 Å². The molecule has 0 aromatic heterocycles. The quantitative estimate of drug-likeness (QED) is 0.755. The Morgan fingerprint density at radius 1 is 1.50 bits per heavy atom. The van der Waals surface area contributed by atoms with E-state index in [0.29, 0.717) is 6.42 Å². The molecule has 0 bridgehead atoms. The number of nitrogens with zero attached hydrogens (tertiary/aromatic N) is 1. The number of carbonyl (C=O) groups is 1. The van der Waals surface area contributed by atoms with E-state index in [9.17, 15) is 4.79 Å². The minimum Gasteiger partial charge on any atom is -0.481 e. The van der Waals surface area contributed by atoms with Crippen molar-refractivity contribution in [2.75, 3.05) is 13.1 Å². The smallest absolute Gasteiger partial charge is 0.304 e. The molecule has 1 fully saturated rings. The molecule has 1 saturated heterocycles. The fraction of sp³-hybridized carbons (Fsp3) is 0.909. The first-order valence-electron chi connectivity index (χ1n) is 5.34. The van der Waals surface area contributed by atoms with E-state index in [2.05, 4.69) is 25.7 Å². The highest BCUT2D eigenvalue weighted by Crippen LogP contribution is 2.25. The molecule has 3 heteroatoms. The van der Waals surface area contributed by atoms with Crippen molar-refractivity contribution in [3.63, 3.8) is 0 Å². The molecule has 0 aromatic carbocycles. The third-order valence-corrected chi connectivity index (χ3v) is 2.59. The molecule has 0 aromatic rings. The number of rotatable bonds is 3. The Morgan fingerprint density at radius 2 is 2.14 bits per heavy atom. The van der Waals surface area contributed by atoms with Gasteiger partial charge in [-0.25, -0.2) is 0 Å². The van der Waals surface area contributed by atoms with Crippen LogP contribution in [0.1, 0.15) is 40.0 Å². The zero-order valence-electron chi connectivity index (χ0n) is 9.42. The van der Waals surface area contributed by atoms with Crippen molar-refractivity contribution in [3.8, 4) is 0 Å². The van der Waals surface area contributed by atoms with Crippen molar-refractivity contribution in [1.29, 1.82) is 0 Å². The minimum atomic E-state index is -0.671. The van der Waals surface area contributed by atoms with Gasteiger partial charge in [-0.3, -0.25) is 9.69 Å². The van der Waals surface area contributed by atoms with Crippen molar-refractivity contribution in [2.45, 2.75) is 46.1 Å². The SMILES string of the molecule is CC(C)(C)CN1CCCC1CC(=O)O. The Kier molecular flexibility index (Phi) is 3.53. The third kappa shape index (κ3) is 3.66. The summed E-state index contributed by atoms with van der Waals surface area (Å²) < 4.78 is 0. The lowest BCUT2D eigenvalue weighted by Gasteiger charge is -2.30. The molecule has 14 heavy (non-hydrogen) atoms.